The van der Waals surface area contributed by atoms with Crippen LogP contribution >= 0.6 is 0 Å². The Balaban J connectivity index is 1.85. The maximum atomic E-state index is 11.8. The van der Waals surface area contributed by atoms with Crippen molar-refractivity contribution in [3.63, 3.8) is 0 Å². The zero-order valence-corrected chi connectivity index (χ0v) is 11.3. The lowest BCUT2D eigenvalue weighted by atomic mass is 9.99. The minimum atomic E-state index is -1.04. The van der Waals surface area contributed by atoms with E-state index in [0.717, 1.165) is 44.2 Å². The Hall–Kier alpha value is -2.04. The highest BCUT2D eigenvalue weighted by atomic mass is 16.4. The molecule has 0 saturated carbocycles. The number of hydrogen-bond donors (Lipinski definition) is 3. The number of urea groups is 1. The fourth-order valence-electron chi connectivity index (χ4n) is 3.28. The smallest absolute Gasteiger partial charge is 0.323 e. The summed E-state index contributed by atoms with van der Waals surface area (Å²) in [7, 11) is 0. The molecule has 106 valence electrons. The molecule has 0 saturated heterocycles. The highest BCUT2D eigenvalue weighted by molar-refractivity contribution is 5.93. The molecule has 1 aromatic rings. The molecule has 0 spiro atoms. The van der Waals surface area contributed by atoms with E-state index in [9.17, 15) is 9.59 Å². The van der Waals surface area contributed by atoms with Gasteiger partial charge < -0.3 is 15.7 Å². The molecular weight excluding hydrogens is 256 g/mol. The summed E-state index contributed by atoms with van der Waals surface area (Å²) in [4.78, 5) is 22.3. The summed E-state index contributed by atoms with van der Waals surface area (Å²) >= 11 is 0. The van der Waals surface area contributed by atoms with E-state index in [0.29, 0.717) is 0 Å². The van der Waals surface area contributed by atoms with Gasteiger partial charge in [-0.05, 0) is 60.8 Å². The number of carboxylic acid groups (broad SMARTS) is 1. The van der Waals surface area contributed by atoms with Crippen molar-refractivity contribution in [1.29, 1.82) is 0 Å². The second kappa shape index (κ2) is 5.15. The number of aliphatic carboxylic acids is 1. The predicted molar refractivity (Wildman–Crippen MR) is 75.1 cm³/mol. The predicted octanol–water partition coefficient (Wildman–Crippen LogP) is 1.87. The quantitative estimate of drug-likeness (QED) is 0.787. The van der Waals surface area contributed by atoms with Gasteiger partial charge in [-0.15, -0.1) is 0 Å². The minimum Gasteiger partial charge on any atom is -0.480 e. The molecule has 0 fully saturated rings. The summed E-state index contributed by atoms with van der Waals surface area (Å²) in [6, 6.07) is 1.87. The van der Waals surface area contributed by atoms with Crippen LogP contribution < -0.4 is 10.6 Å². The fourth-order valence-corrected chi connectivity index (χ4v) is 3.28. The third-order valence-electron chi connectivity index (χ3n) is 4.11. The number of carboxylic acids is 1. The maximum Gasteiger partial charge on any atom is 0.323 e. The van der Waals surface area contributed by atoms with Crippen molar-refractivity contribution >= 4 is 17.7 Å². The van der Waals surface area contributed by atoms with E-state index in [2.05, 4.69) is 16.7 Å². The van der Waals surface area contributed by atoms with Gasteiger partial charge in [0.15, 0.2) is 0 Å². The third kappa shape index (κ3) is 2.35. The Bertz CT molecular complexity index is 549. The van der Waals surface area contributed by atoms with Crippen LogP contribution in [0.5, 0.6) is 0 Å². The number of hydrogen-bond acceptors (Lipinski definition) is 2. The van der Waals surface area contributed by atoms with Crippen LogP contribution in [0.1, 0.15) is 35.1 Å². The number of carbonyl (C=O) groups excluding carboxylic acids is 1. The maximum absolute atomic E-state index is 11.8. The molecule has 0 aromatic heterocycles. The first kappa shape index (κ1) is 13.0. The molecule has 3 rings (SSSR count). The first-order valence-electron chi connectivity index (χ1n) is 7.08. The molecule has 0 bridgehead atoms. The molecule has 0 atom stereocenters. The largest absolute Gasteiger partial charge is 0.480 e. The molecule has 5 nitrogen and oxygen atoms in total. The molecule has 5 heteroatoms. The standard InChI is InChI=1S/C15H18N2O3/c18-13(19)8-16-15(20)17-14-11-5-1-3-9(11)7-10-4-2-6-12(10)14/h7H,1-6,8H2,(H,18,19)(H2,16,17,20). The third-order valence-corrected chi connectivity index (χ3v) is 4.11. The molecule has 2 amide bonds. The van der Waals surface area contributed by atoms with Gasteiger partial charge in [0.05, 0.1) is 0 Å². The van der Waals surface area contributed by atoms with Crippen molar-refractivity contribution in [2.45, 2.75) is 38.5 Å². The number of rotatable bonds is 3. The first-order valence-corrected chi connectivity index (χ1v) is 7.08. The average molecular weight is 274 g/mol. The zero-order chi connectivity index (χ0) is 14.1. The van der Waals surface area contributed by atoms with Crippen LogP contribution in [-0.4, -0.2) is 23.7 Å². The van der Waals surface area contributed by atoms with Crippen LogP contribution in [-0.2, 0) is 30.5 Å². The lowest BCUT2D eigenvalue weighted by Crippen LogP contribution is -2.33. The van der Waals surface area contributed by atoms with Crippen LogP contribution in [0.3, 0.4) is 0 Å². The lowest BCUT2D eigenvalue weighted by Gasteiger charge is -2.16. The van der Waals surface area contributed by atoms with E-state index in [1.54, 1.807) is 0 Å². The van der Waals surface area contributed by atoms with E-state index in [-0.39, 0.29) is 6.54 Å². The van der Waals surface area contributed by atoms with E-state index in [1.807, 2.05) is 0 Å². The molecule has 0 heterocycles. The van der Waals surface area contributed by atoms with Crippen LogP contribution in [0.25, 0.3) is 0 Å². The van der Waals surface area contributed by atoms with Gasteiger partial charge in [0, 0.05) is 5.69 Å². The van der Waals surface area contributed by atoms with Gasteiger partial charge in [-0.2, -0.15) is 0 Å². The van der Waals surface area contributed by atoms with Gasteiger partial charge >= 0.3 is 12.0 Å². The molecule has 2 aliphatic rings. The van der Waals surface area contributed by atoms with E-state index in [4.69, 9.17) is 5.11 Å². The molecule has 20 heavy (non-hydrogen) atoms. The number of amides is 2. The van der Waals surface area contributed by atoms with Gasteiger partial charge in [0.25, 0.3) is 0 Å². The number of benzene rings is 1. The Morgan fingerprint density at radius 1 is 1.05 bits per heavy atom. The van der Waals surface area contributed by atoms with E-state index < -0.39 is 12.0 Å². The Kier molecular flexibility index (Phi) is 3.34. The van der Waals surface area contributed by atoms with Crippen molar-refractivity contribution in [3.8, 4) is 0 Å². The van der Waals surface area contributed by atoms with Crippen molar-refractivity contribution < 1.29 is 14.7 Å². The first-order chi connectivity index (χ1) is 9.65. The molecule has 2 aliphatic carbocycles. The van der Waals surface area contributed by atoms with Gasteiger partial charge in [-0.25, -0.2) is 4.79 Å². The zero-order valence-electron chi connectivity index (χ0n) is 11.3. The number of carbonyl (C=O) groups is 2. The summed E-state index contributed by atoms with van der Waals surface area (Å²) in [5.41, 5.74) is 6.13. The molecule has 0 aliphatic heterocycles. The summed E-state index contributed by atoms with van der Waals surface area (Å²) in [5, 5.41) is 13.8. The summed E-state index contributed by atoms with van der Waals surface area (Å²) in [5.74, 6) is -1.04. The summed E-state index contributed by atoms with van der Waals surface area (Å²) in [6.45, 7) is -0.358. The lowest BCUT2D eigenvalue weighted by molar-refractivity contribution is -0.135. The minimum absolute atomic E-state index is 0.358. The Labute approximate surface area is 117 Å². The van der Waals surface area contributed by atoms with Crippen LogP contribution in [0.4, 0.5) is 10.5 Å². The molecule has 3 N–H and O–H groups in total. The number of anilines is 1. The Morgan fingerprint density at radius 3 is 2.20 bits per heavy atom. The topological polar surface area (TPSA) is 78.4 Å². The number of fused-ring (bicyclic) bond motifs is 2. The summed E-state index contributed by atoms with van der Waals surface area (Å²) in [6.07, 6.45) is 6.41. The second-order valence-electron chi connectivity index (χ2n) is 5.44. The van der Waals surface area contributed by atoms with Crippen LogP contribution in [0.15, 0.2) is 6.07 Å². The SMILES string of the molecule is O=C(O)CNC(=O)Nc1c2c(cc3c1CCC3)CCC2. The molecule has 0 radical (unpaired) electrons. The van der Waals surface area contributed by atoms with Gasteiger partial charge in [0.2, 0.25) is 0 Å². The van der Waals surface area contributed by atoms with Crippen molar-refractivity contribution in [3.05, 3.63) is 28.3 Å². The second-order valence-corrected chi connectivity index (χ2v) is 5.44. The Morgan fingerprint density at radius 2 is 1.65 bits per heavy atom. The average Bonchev–Trinajstić information content (AvgIpc) is 3.04. The van der Waals surface area contributed by atoms with Crippen molar-refractivity contribution in [1.82, 2.24) is 5.32 Å². The molecule has 1 aromatic carbocycles. The highest BCUT2D eigenvalue weighted by Crippen LogP contribution is 2.38. The highest BCUT2D eigenvalue weighted by Gasteiger charge is 2.24. The van der Waals surface area contributed by atoms with E-state index in [1.165, 1.54) is 22.3 Å². The monoisotopic (exact) mass is 274 g/mol. The number of nitrogens with one attached hydrogen (secondary N) is 2. The normalized spacial score (nSPS) is 15.6. The fraction of sp³-hybridized carbons (Fsp3) is 0.467. The molecule has 0 unspecified atom stereocenters. The number of aryl methyl sites for hydroxylation is 2. The van der Waals surface area contributed by atoms with Crippen LogP contribution in [0, 0.1) is 0 Å². The van der Waals surface area contributed by atoms with Crippen molar-refractivity contribution in [2.75, 3.05) is 11.9 Å². The van der Waals surface area contributed by atoms with E-state index >= 15 is 0 Å². The van der Waals surface area contributed by atoms with Crippen molar-refractivity contribution in [2.24, 2.45) is 0 Å². The van der Waals surface area contributed by atoms with Gasteiger partial charge in [0.1, 0.15) is 6.54 Å². The summed E-state index contributed by atoms with van der Waals surface area (Å²) < 4.78 is 0. The van der Waals surface area contributed by atoms with Gasteiger partial charge in [-0.1, -0.05) is 6.07 Å². The molecular formula is C15H18N2O3. The van der Waals surface area contributed by atoms with Crippen LogP contribution in [0.2, 0.25) is 0 Å². The van der Waals surface area contributed by atoms with Gasteiger partial charge in [-0.3, -0.25) is 4.79 Å².